The Kier molecular flexibility index (Phi) is 6.39. The van der Waals surface area contributed by atoms with Gasteiger partial charge < -0.3 is 9.32 Å². The molecule has 0 spiro atoms. The molecular formula is C46H29NOS. The molecular weight excluding hydrogens is 615 g/mol. The van der Waals surface area contributed by atoms with Gasteiger partial charge >= 0.3 is 0 Å². The van der Waals surface area contributed by atoms with Crippen LogP contribution in [0.2, 0.25) is 0 Å². The Morgan fingerprint density at radius 1 is 0.408 bits per heavy atom. The van der Waals surface area contributed by atoms with Gasteiger partial charge in [-0.2, -0.15) is 0 Å². The molecule has 0 amide bonds. The third kappa shape index (κ3) is 4.62. The number of para-hydroxylation sites is 1. The second kappa shape index (κ2) is 11.2. The Morgan fingerprint density at radius 2 is 1.04 bits per heavy atom. The van der Waals surface area contributed by atoms with Crippen molar-refractivity contribution in [2.45, 2.75) is 0 Å². The minimum atomic E-state index is 0.876. The predicted octanol–water partition coefficient (Wildman–Crippen LogP) is 13.9. The summed E-state index contributed by atoms with van der Waals surface area (Å²) < 4.78 is 9.00. The summed E-state index contributed by atoms with van der Waals surface area (Å²) in [6, 6.07) is 63.3. The third-order valence-corrected chi connectivity index (χ3v) is 10.8. The summed E-state index contributed by atoms with van der Waals surface area (Å²) in [6.45, 7) is 0. The van der Waals surface area contributed by atoms with Crippen LogP contribution in [0.15, 0.2) is 180 Å². The Labute approximate surface area is 287 Å². The standard InChI is InChI=1S/C46H29NOS/c1-3-12-30(13-4-1)36-24-22-34(28-38(36)31-14-5-2-6-15-31)47(41-19-11-21-43-46(41)37-18-9-10-20-42(37)48-43)35-23-25-44-40(29-35)39-26-32-16-7-8-17-33(32)27-45(39)49-44/h1-29H. The monoisotopic (exact) mass is 643 g/mol. The van der Waals surface area contributed by atoms with Crippen LogP contribution in [0.3, 0.4) is 0 Å². The maximum Gasteiger partial charge on any atom is 0.137 e. The predicted molar refractivity (Wildman–Crippen MR) is 210 cm³/mol. The number of fused-ring (bicyclic) bond motifs is 7. The Morgan fingerprint density at radius 3 is 1.86 bits per heavy atom. The van der Waals surface area contributed by atoms with Crippen molar-refractivity contribution in [3.63, 3.8) is 0 Å². The van der Waals surface area contributed by atoms with E-state index < -0.39 is 0 Å². The lowest BCUT2D eigenvalue weighted by Crippen LogP contribution is -2.10. The zero-order chi connectivity index (χ0) is 32.3. The van der Waals surface area contributed by atoms with Gasteiger partial charge in [0.25, 0.3) is 0 Å². The van der Waals surface area contributed by atoms with E-state index >= 15 is 0 Å². The summed E-state index contributed by atoms with van der Waals surface area (Å²) in [5.41, 5.74) is 9.80. The number of thiophene rings is 1. The first-order valence-corrected chi connectivity index (χ1v) is 17.4. The van der Waals surface area contributed by atoms with Crippen LogP contribution in [0.1, 0.15) is 0 Å². The first kappa shape index (κ1) is 27.9. The van der Waals surface area contributed by atoms with Crippen LogP contribution in [0, 0.1) is 0 Å². The fraction of sp³-hybridized carbons (Fsp3) is 0. The molecule has 0 bridgehead atoms. The largest absolute Gasteiger partial charge is 0.456 e. The van der Waals surface area contributed by atoms with Gasteiger partial charge in [0.2, 0.25) is 0 Å². The number of rotatable bonds is 5. The van der Waals surface area contributed by atoms with E-state index in [1.54, 1.807) is 0 Å². The number of hydrogen-bond acceptors (Lipinski definition) is 3. The van der Waals surface area contributed by atoms with Crippen molar-refractivity contribution < 1.29 is 4.42 Å². The number of benzene rings is 8. The van der Waals surface area contributed by atoms with Crippen molar-refractivity contribution in [2.24, 2.45) is 0 Å². The fourth-order valence-corrected chi connectivity index (χ4v) is 8.47. The van der Waals surface area contributed by atoms with E-state index in [9.17, 15) is 0 Å². The summed E-state index contributed by atoms with van der Waals surface area (Å²) in [5, 5.41) is 7.30. The van der Waals surface area contributed by atoms with Crippen molar-refractivity contribution in [3.05, 3.63) is 176 Å². The highest BCUT2D eigenvalue weighted by atomic mass is 32.1. The third-order valence-electron chi connectivity index (χ3n) is 9.63. The minimum absolute atomic E-state index is 0.876. The summed E-state index contributed by atoms with van der Waals surface area (Å²) in [4.78, 5) is 2.41. The molecule has 10 aromatic rings. The van der Waals surface area contributed by atoms with Gasteiger partial charge in [-0.3, -0.25) is 0 Å². The molecule has 0 N–H and O–H groups in total. The molecule has 0 unspecified atom stereocenters. The van der Waals surface area contributed by atoms with Gasteiger partial charge in [-0.25, -0.2) is 0 Å². The van der Waals surface area contributed by atoms with Gasteiger partial charge in [-0.05, 0) is 93.7 Å². The van der Waals surface area contributed by atoms with Crippen molar-refractivity contribution in [1.82, 2.24) is 0 Å². The topological polar surface area (TPSA) is 16.4 Å². The normalized spacial score (nSPS) is 11.7. The van der Waals surface area contributed by atoms with Gasteiger partial charge in [-0.1, -0.05) is 115 Å². The Bertz CT molecular complexity index is 2830. The average Bonchev–Trinajstić information content (AvgIpc) is 3.72. The molecule has 0 aliphatic carbocycles. The number of furan rings is 1. The van der Waals surface area contributed by atoms with Crippen LogP contribution in [-0.4, -0.2) is 0 Å². The van der Waals surface area contributed by atoms with Gasteiger partial charge in [0, 0.05) is 36.9 Å². The molecule has 0 aliphatic rings. The zero-order valence-corrected chi connectivity index (χ0v) is 27.3. The van der Waals surface area contributed by atoms with E-state index in [-0.39, 0.29) is 0 Å². The first-order valence-electron chi connectivity index (χ1n) is 16.6. The molecule has 0 aliphatic heterocycles. The summed E-state index contributed by atoms with van der Waals surface area (Å²) in [5.74, 6) is 0. The average molecular weight is 644 g/mol. The molecule has 0 saturated carbocycles. The molecule has 49 heavy (non-hydrogen) atoms. The van der Waals surface area contributed by atoms with Gasteiger partial charge in [0.05, 0.1) is 11.1 Å². The maximum atomic E-state index is 6.42. The van der Waals surface area contributed by atoms with E-state index in [1.807, 2.05) is 17.4 Å². The summed E-state index contributed by atoms with van der Waals surface area (Å²) >= 11 is 1.86. The van der Waals surface area contributed by atoms with Crippen LogP contribution in [0.25, 0.3) is 75.1 Å². The molecule has 8 aromatic carbocycles. The minimum Gasteiger partial charge on any atom is -0.456 e. The van der Waals surface area contributed by atoms with Crippen molar-refractivity contribution in [3.8, 4) is 22.3 Å². The second-order valence-corrected chi connectivity index (χ2v) is 13.6. The van der Waals surface area contributed by atoms with Gasteiger partial charge in [0.15, 0.2) is 0 Å². The van der Waals surface area contributed by atoms with Crippen LogP contribution in [-0.2, 0) is 0 Å². The SMILES string of the molecule is c1ccc(-c2ccc(N(c3ccc4sc5cc6ccccc6cc5c4c3)c3cccc4oc5ccccc5c34)cc2-c2ccccc2)cc1. The first-order chi connectivity index (χ1) is 24.3. The van der Waals surface area contributed by atoms with Gasteiger partial charge in [-0.15, -0.1) is 11.3 Å². The quantitative estimate of drug-likeness (QED) is 0.186. The van der Waals surface area contributed by atoms with E-state index in [2.05, 4.69) is 175 Å². The Hall–Kier alpha value is -6.16. The molecule has 10 rings (SSSR count). The molecule has 2 heterocycles. The highest BCUT2D eigenvalue weighted by Crippen LogP contribution is 2.47. The summed E-state index contributed by atoms with van der Waals surface area (Å²) in [7, 11) is 0. The van der Waals surface area contributed by atoms with E-state index in [0.717, 1.165) is 39.0 Å². The highest BCUT2D eigenvalue weighted by molar-refractivity contribution is 7.25. The Balaban J connectivity index is 1.26. The molecule has 0 fully saturated rings. The smallest absolute Gasteiger partial charge is 0.137 e. The fourth-order valence-electron chi connectivity index (χ4n) is 7.36. The van der Waals surface area contributed by atoms with Crippen LogP contribution >= 0.6 is 11.3 Å². The molecule has 0 saturated heterocycles. The van der Waals surface area contributed by atoms with E-state index in [0.29, 0.717) is 0 Å². The maximum absolute atomic E-state index is 6.42. The second-order valence-electron chi connectivity index (χ2n) is 12.5. The van der Waals surface area contributed by atoms with Crippen LogP contribution in [0.5, 0.6) is 0 Å². The summed E-state index contributed by atoms with van der Waals surface area (Å²) in [6.07, 6.45) is 0. The lowest BCUT2D eigenvalue weighted by atomic mass is 9.93. The number of anilines is 3. The zero-order valence-electron chi connectivity index (χ0n) is 26.5. The van der Waals surface area contributed by atoms with Crippen molar-refractivity contribution in [2.75, 3.05) is 4.90 Å². The van der Waals surface area contributed by atoms with Crippen molar-refractivity contribution in [1.29, 1.82) is 0 Å². The highest BCUT2D eigenvalue weighted by Gasteiger charge is 2.22. The lowest BCUT2D eigenvalue weighted by molar-refractivity contribution is 0.669. The lowest BCUT2D eigenvalue weighted by Gasteiger charge is -2.27. The van der Waals surface area contributed by atoms with Gasteiger partial charge in [0.1, 0.15) is 11.2 Å². The molecule has 0 atom stereocenters. The van der Waals surface area contributed by atoms with E-state index in [4.69, 9.17) is 4.42 Å². The van der Waals surface area contributed by atoms with Crippen molar-refractivity contribution >= 4 is 81.3 Å². The van der Waals surface area contributed by atoms with Crippen LogP contribution < -0.4 is 4.90 Å². The number of hydrogen-bond donors (Lipinski definition) is 0. The molecule has 2 aromatic heterocycles. The molecule has 0 radical (unpaired) electrons. The molecule has 230 valence electrons. The van der Waals surface area contributed by atoms with Crippen LogP contribution in [0.4, 0.5) is 17.1 Å². The molecule has 3 heteroatoms. The van der Waals surface area contributed by atoms with E-state index in [1.165, 1.54) is 53.2 Å². The number of nitrogens with zero attached hydrogens (tertiary/aromatic N) is 1. The molecule has 2 nitrogen and oxygen atoms in total.